The van der Waals surface area contributed by atoms with Crippen molar-refractivity contribution in [2.45, 2.75) is 13.5 Å². The van der Waals surface area contributed by atoms with Crippen molar-refractivity contribution in [1.82, 2.24) is 14.5 Å². The average Bonchev–Trinajstić information content (AvgIpc) is 2.96. The van der Waals surface area contributed by atoms with Gasteiger partial charge in [0.25, 0.3) is 5.56 Å². The van der Waals surface area contributed by atoms with Crippen LogP contribution < -0.4 is 10.3 Å². The lowest BCUT2D eigenvalue weighted by Gasteiger charge is -2.09. The van der Waals surface area contributed by atoms with Gasteiger partial charge in [-0.3, -0.25) is 9.36 Å². The summed E-state index contributed by atoms with van der Waals surface area (Å²) in [4.78, 5) is 20.4. The molecule has 0 saturated carbocycles. The second-order valence-electron chi connectivity index (χ2n) is 5.91. The fraction of sp³-hybridized carbons (Fsp3) is 0.158. The van der Waals surface area contributed by atoms with Gasteiger partial charge in [-0.25, -0.2) is 4.98 Å². The molecule has 0 aliphatic carbocycles. The third kappa shape index (κ3) is 2.34. The van der Waals surface area contributed by atoms with Gasteiger partial charge in [-0.2, -0.15) is 0 Å². The Hall–Kier alpha value is -3.08. The molecule has 0 aliphatic heterocycles. The van der Waals surface area contributed by atoms with E-state index in [1.165, 1.54) is 0 Å². The van der Waals surface area contributed by atoms with Crippen LogP contribution in [-0.4, -0.2) is 21.6 Å². The molecule has 5 heteroatoms. The van der Waals surface area contributed by atoms with Gasteiger partial charge in [0.2, 0.25) is 0 Å². The van der Waals surface area contributed by atoms with Gasteiger partial charge in [0.1, 0.15) is 11.3 Å². The maximum Gasteiger partial charge on any atom is 0.261 e. The normalized spacial score (nSPS) is 11.2. The van der Waals surface area contributed by atoms with Gasteiger partial charge in [0.15, 0.2) is 0 Å². The summed E-state index contributed by atoms with van der Waals surface area (Å²) in [6.07, 6.45) is 1.58. The zero-order chi connectivity index (χ0) is 16.7. The first kappa shape index (κ1) is 14.5. The number of aryl methyl sites for hydroxylation is 1. The zero-order valence-corrected chi connectivity index (χ0v) is 13.5. The molecular weight excluding hydrogens is 302 g/mol. The molecule has 0 saturated heterocycles. The maximum absolute atomic E-state index is 12.7. The minimum Gasteiger partial charge on any atom is -0.494 e. The van der Waals surface area contributed by atoms with Gasteiger partial charge >= 0.3 is 0 Å². The molecule has 2 aromatic carbocycles. The zero-order valence-electron chi connectivity index (χ0n) is 13.5. The molecule has 5 nitrogen and oxygen atoms in total. The smallest absolute Gasteiger partial charge is 0.261 e. The molecular formula is C19H17N3O2. The standard InChI is InChI=1S/C19H17N3O2/c1-12-8-14-9-13(6-7-16(14)21-12)10-22-11-20-18-15(19(22)23)4-3-5-17(18)24-2/h3-9,11,21H,10H2,1-2H3. The van der Waals surface area contributed by atoms with Gasteiger partial charge in [0.05, 0.1) is 25.4 Å². The fourth-order valence-corrected chi connectivity index (χ4v) is 3.06. The Kier molecular flexibility index (Phi) is 3.34. The van der Waals surface area contributed by atoms with Crippen LogP contribution in [0.1, 0.15) is 11.3 Å². The Balaban J connectivity index is 1.78. The van der Waals surface area contributed by atoms with Crippen LogP contribution in [0, 0.1) is 6.92 Å². The van der Waals surface area contributed by atoms with Crippen LogP contribution in [0.5, 0.6) is 5.75 Å². The monoisotopic (exact) mass is 319 g/mol. The third-order valence-electron chi connectivity index (χ3n) is 4.21. The van der Waals surface area contributed by atoms with E-state index in [9.17, 15) is 4.79 Å². The number of nitrogens with one attached hydrogen (secondary N) is 1. The lowest BCUT2D eigenvalue weighted by atomic mass is 10.1. The van der Waals surface area contributed by atoms with Crippen molar-refractivity contribution in [2.75, 3.05) is 7.11 Å². The predicted octanol–water partition coefficient (Wildman–Crippen LogP) is 3.24. The van der Waals surface area contributed by atoms with E-state index in [1.807, 2.05) is 25.1 Å². The van der Waals surface area contributed by atoms with Gasteiger partial charge in [0, 0.05) is 11.2 Å². The second-order valence-corrected chi connectivity index (χ2v) is 5.91. The summed E-state index contributed by atoms with van der Waals surface area (Å²) in [7, 11) is 1.58. The van der Waals surface area contributed by atoms with Crippen LogP contribution >= 0.6 is 0 Å². The predicted molar refractivity (Wildman–Crippen MR) is 94.7 cm³/mol. The number of hydrogen-bond donors (Lipinski definition) is 1. The highest BCUT2D eigenvalue weighted by atomic mass is 16.5. The van der Waals surface area contributed by atoms with Crippen molar-refractivity contribution in [3.63, 3.8) is 0 Å². The summed E-state index contributed by atoms with van der Waals surface area (Å²) in [6, 6.07) is 13.7. The molecule has 0 atom stereocenters. The molecule has 0 radical (unpaired) electrons. The summed E-state index contributed by atoms with van der Waals surface area (Å²) in [6.45, 7) is 2.52. The molecule has 4 aromatic rings. The Morgan fingerprint density at radius 2 is 2.08 bits per heavy atom. The summed E-state index contributed by atoms with van der Waals surface area (Å²) in [5.41, 5.74) is 3.82. The molecule has 0 spiro atoms. The van der Waals surface area contributed by atoms with Gasteiger partial charge in [-0.05, 0) is 48.2 Å². The molecule has 4 rings (SSSR count). The third-order valence-corrected chi connectivity index (χ3v) is 4.21. The van der Waals surface area contributed by atoms with Crippen molar-refractivity contribution >= 4 is 21.8 Å². The van der Waals surface area contributed by atoms with Crippen LogP contribution in [0.2, 0.25) is 0 Å². The van der Waals surface area contributed by atoms with E-state index in [4.69, 9.17) is 4.74 Å². The molecule has 2 aromatic heterocycles. The van der Waals surface area contributed by atoms with E-state index in [1.54, 1.807) is 30.1 Å². The topological polar surface area (TPSA) is 59.9 Å². The number of hydrogen-bond acceptors (Lipinski definition) is 3. The molecule has 0 bridgehead atoms. The SMILES string of the molecule is COc1cccc2c(=O)n(Cc3ccc4[nH]c(C)cc4c3)cnc12. The van der Waals surface area contributed by atoms with Crippen LogP contribution in [0.3, 0.4) is 0 Å². The molecule has 1 N–H and O–H groups in total. The number of nitrogens with zero attached hydrogens (tertiary/aromatic N) is 2. The number of para-hydroxylation sites is 1. The lowest BCUT2D eigenvalue weighted by molar-refractivity contribution is 0.418. The minimum absolute atomic E-state index is 0.0655. The first-order valence-electron chi connectivity index (χ1n) is 7.76. The van der Waals surface area contributed by atoms with E-state index in [-0.39, 0.29) is 5.56 Å². The highest BCUT2D eigenvalue weighted by Crippen LogP contribution is 2.21. The number of aromatic amines is 1. The molecule has 0 unspecified atom stereocenters. The highest BCUT2D eigenvalue weighted by Gasteiger charge is 2.09. The van der Waals surface area contributed by atoms with E-state index in [0.717, 1.165) is 22.2 Å². The lowest BCUT2D eigenvalue weighted by Crippen LogP contribution is -2.21. The van der Waals surface area contributed by atoms with E-state index in [2.05, 4.69) is 22.1 Å². The molecule has 0 fully saturated rings. The van der Waals surface area contributed by atoms with Gasteiger partial charge in [-0.1, -0.05) is 12.1 Å². The number of methoxy groups -OCH3 is 1. The van der Waals surface area contributed by atoms with Crippen LogP contribution in [0.15, 0.2) is 53.6 Å². The first-order valence-corrected chi connectivity index (χ1v) is 7.76. The summed E-state index contributed by atoms with van der Waals surface area (Å²) < 4.78 is 6.90. The Labute approximate surface area is 138 Å². The Morgan fingerprint density at radius 3 is 2.92 bits per heavy atom. The Morgan fingerprint density at radius 1 is 1.21 bits per heavy atom. The maximum atomic E-state index is 12.7. The molecule has 0 amide bonds. The summed E-state index contributed by atoms with van der Waals surface area (Å²) >= 11 is 0. The largest absolute Gasteiger partial charge is 0.494 e. The van der Waals surface area contributed by atoms with E-state index in [0.29, 0.717) is 23.2 Å². The quantitative estimate of drug-likeness (QED) is 0.630. The molecule has 0 aliphatic rings. The molecule has 120 valence electrons. The van der Waals surface area contributed by atoms with Gasteiger partial charge < -0.3 is 9.72 Å². The minimum atomic E-state index is -0.0655. The number of ether oxygens (including phenoxy) is 1. The van der Waals surface area contributed by atoms with Crippen molar-refractivity contribution in [2.24, 2.45) is 0 Å². The molecule has 2 heterocycles. The summed E-state index contributed by atoms with van der Waals surface area (Å²) in [5.74, 6) is 0.612. The highest BCUT2D eigenvalue weighted by molar-refractivity contribution is 5.83. The first-order chi connectivity index (χ1) is 11.7. The van der Waals surface area contributed by atoms with Crippen molar-refractivity contribution in [3.05, 3.63) is 70.4 Å². The van der Waals surface area contributed by atoms with Crippen LogP contribution in [-0.2, 0) is 6.54 Å². The van der Waals surface area contributed by atoms with Crippen molar-refractivity contribution < 1.29 is 4.74 Å². The van der Waals surface area contributed by atoms with E-state index >= 15 is 0 Å². The number of aromatic nitrogens is 3. The number of rotatable bonds is 3. The number of H-pyrrole nitrogens is 1. The van der Waals surface area contributed by atoms with Crippen molar-refractivity contribution in [3.8, 4) is 5.75 Å². The average molecular weight is 319 g/mol. The molecule has 24 heavy (non-hydrogen) atoms. The Bertz CT molecular complexity index is 1110. The number of benzene rings is 2. The van der Waals surface area contributed by atoms with Crippen molar-refractivity contribution in [1.29, 1.82) is 0 Å². The van der Waals surface area contributed by atoms with E-state index < -0.39 is 0 Å². The number of fused-ring (bicyclic) bond motifs is 2. The van der Waals surface area contributed by atoms with Crippen LogP contribution in [0.4, 0.5) is 0 Å². The summed E-state index contributed by atoms with van der Waals surface area (Å²) in [5, 5.41) is 1.71. The van der Waals surface area contributed by atoms with Gasteiger partial charge in [-0.15, -0.1) is 0 Å². The second kappa shape index (κ2) is 5.53. The van der Waals surface area contributed by atoms with Crippen LogP contribution in [0.25, 0.3) is 21.8 Å². The fourth-order valence-electron chi connectivity index (χ4n) is 3.06.